The van der Waals surface area contributed by atoms with Gasteiger partial charge < -0.3 is 9.47 Å². The maximum Gasteiger partial charge on any atom is 0.243 e. The Labute approximate surface area is 191 Å². The van der Waals surface area contributed by atoms with E-state index < -0.39 is 15.6 Å². The number of rotatable bonds is 3. The molecule has 5 rings (SSSR count). The van der Waals surface area contributed by atoms with Crippen LogP contribution in [-0.4, -0.2) is 44.3 Å². The standard InChI is InChI=1S/C24H22ClNO5S/c1-30-22-9-7-17(14-20(22)25)32(28,29)26-12-10-24(11-13-26)15-21(27)19-8-6-16-4-2-3-5-18(16)23(19)31-24/h2-9,14H,10-13,15H2,1H3. The van der Waals surface area contributed by atoms with Crippen molar-refractivity contribution in [1.82, 2.24) is 4.31 Å². The molecule has 0 bridgehead atoms. The van der Waals surface area contributed by atoms with Crippen molar-refractivity contribution in [2.75, 3.05) is 20.2 Å². The summed E-state index contributed by atoms with van der Waals surface area (Å²) in [7, 11) is -2.24. The van der Waals surface area contributed by atoms with Crippen molar-refractivity contribution >= 4 is 38.2 Å². The van der Waals surface area contributed by atoms with Crippen LogP contribution in [0.15, 0.2) is 59.5 Å². The van der Waals surface area contributed by atoms with E-state index >= 15 is 0 Å². The fourth-order valence-corrected chi connectivity index (χ4v) is 6.37. The van der Waals surface area contributed by atoms with Crippen molar-refractivity contribution in [3.8, 4) is 11.5 Å². The summed E-state index contributed by atoms with van der Waals surface area (Å²) in [4.78, 5) is 13.1. The summed E-state index contributed by atoms with van der Waals surface area (Å²) in [5, 5.41) is 2.15. The predicted octanol–water partition coefficient (Wildman–Crippen LogP) is 4.69. The second-order valence-electron chi connectivity index (χ2n) is 8.25. The fraction of sp³-hybridized carbons (Fsp3) is 0.292. The molecular formula is C24H22ClNO5S. The van der Waals surface area contributed by atoms with Crippen LogP contribution in [-0.2, 0) is 10.0 Å². The summed E-state index contributed by atoms with van der Waals surface area (Å²) < 4.78 is 39.4. The number of Topliss-reactive ketones (excluding diaryl/α,β-unsaturated/α-hetero) is 1. The van der Waals surface area contributed by atoms with Gasteiger partial charge in [-0.05, 0) is 29.7 Å². The summed E-state index contributed by atoms with van der Waals surface area (Å²) in [5.74, 6) is 1.07. The number of methoxy groups -OCH3 is 1. The highest BCUT2D eigenvalue weighted by molar-refractivity contribution is 7.89. The SMILES string of the molecule is COc1ccc(S(=O)(=O)N2CCC3(CC2)CC(=O)c2ccc4ccccc4c2O3)cc1Cl. The van der Waals surface area contributed by atoms with Crippen molar-refractivity contribution in [3.05, 3.63) is 65.2 Å². The Morgan fingerprint density at radius 1 is 1.06 bits per heavy atom. The van der Waals surface area contributed by atoms with Crippen LogP contribution in [0, 0.1) is 0 Å². The molecule has 6 nitrogen and oxygen atoms in total. The average Bonchev–Trinajstić information content (AvgIpc) is 2.79. The second-order valence-corrected chi connectivity index (χ2v) is 10.6. The lowest BCUT2D eigenvalue weighted by Crippen LogP contribution is -2.52. The van der Waals surface area contributed by atoms with E-state index in [0.29, 0.717) is 29.9 Å². The lowest BCUT2D eigenvalue weighted by atomic mass is 9.82. The molecule has 2 aliphatic rings. The maximum absolute atomic E-state index is 13.2. The van der Waals surface area contributed by atoms with Gasteiger partial charge >= 0.3 is 0 Å². The van der Waals surface area contributed by atoms with Crippen LogP contribution in [0.5, 0.6) is 11.5 Å². The van der Waals surface area contributed by atoms with Gasteiger partial charge in [-0.15, -0.1) is 0 Å². The van der Waals surface area contributed by atoms with Crippen LogP contribution in [0.1, 0.15) is 29.6 Å². The monoisotopic (exact) mass is 471 g/mol. The summed E-state index contributed by atoms with van der Waals surface area (Å²) in [6, 6.07) is 16.0. The molecule has 2 heterocycles. The third-order valence-corrected chi connectivity index (χ3v) is 8.57. The molecule has 3 aromatic carbocycles. The molecule has 3 aromatic rings. The zero-order valence-corrected chi connectivity index (χ0v) is 19.1. The Morgan fingerprint density at radius 3 is 2.53 bits per heavy atom. The van der Waals surface area contributed by atoms with Crippen molar-refractivity contribution in [3.63, 3.8) is 0 Å². The number of hydrogen-bond donors (Lipinski definition) is 0. The van der Waals surface area contributed by atoms with Gasteiger partial charge in [0, 0.05) is 31.3 Å². The molecule has 0 radical (unpaired) electrons. The van der Waals surface area contributed by atoms with Gasteiger partial charge in [0.1, 0.15) is 17.1 Å². The minimum absolute atomic E-state index is 0.0373. The summed E-state index contributed by atoms with van der Waals surface area (Å²) in [6.07, 6.45) is 1.12. The van der Waals surface area contributed by atoms with Crippen LogP contribution >= 0.6 is 11.6 Å². The molecule has 0 unspecified atom stereocenters. The number of hydrogen-bond acceptors (Lipinski definition) is 5. The number of sulfonamides is 1. The van der Waals surface area contributed by atoms with E-state index in [2.05, 4.69) is 0 Å². The lowest BCUT2D eigenvalue weighted by molar-refractivity contribution is 0.00715. The number of carbonyl (C=O) groups excluding carboxylic acids is 1. The van der Waals surface area contributed by atoms with Gasteiger partial charge in [-0.1, -0.05) is 41.9 Å². The zero-order chi connectivity index (χ0) is 22.5. The molecule has 32 heavy (non-hydrogen) atoms. The first-order chi connectivity index (χ1) is 15.3. The number of benzene rings is 3. The van der Waals surface area contributed by atoms with Gasteiger partial charge in [-0.25, -0.2) is 8.42 Å². The Morgan fingerprint density at radius 2 is 1.81 bits per heavy atom. The van der Waals surface area contributed by atoms with Crippen LogP contribution in [0.3, 0.4) is 0 Å². The predicted molar refractivity (Wildman–Crippen MR) is 122 cm³/mol. The van der Waals surface area contributed by atoms with E-state index in [9.17, 15) is 13.2 Å². The third kappa shape index (κ3) is 3.45. The highest BCUT2D eigenvalue weighted by atomic mass is 35.5. The summed E-state index contributed by atoms with van der Waals surface area (Å²) in [5.41, 5.74) is -0.102. The van der Waals surface area contributed by atoms with Crippen LogP contribution in [0.25, 0.3) is 10.8 Å². The molecule has 1 spiro atoms. The van der Waals surface area contributed by atoms with Gasteiger partial charge in [0.25, 0.3) is 0 Å². The topological polar surface area (TPSA) is 72.9 Å². The molecule has 166 valence electrons. The smallest absolute Gasteiger partial charge is 0.243 e. The summed E-state index contributed by atoms with van der Waals surface area (Å²) >= 11 is 6.14. The van der Waals surface area contributed by atoms with Gasteiger partial charge in [0.15, 0.2) is 5.78 Å². The molecule has 0 aliphatic carbocycles. The lowest BCUT2D eigenvalue weighted by Gasteiger charge is -2.43. The Kier molecular flexibility index (Phi) is 5.15. The van der Waals surface area contributed by atoms with E-state index in [0.717, 1.165) is 10.8 Å². The fourth-order valence-electron chi connectivity index (χ4n) is 4.58. The van der Waals surface area contributed by atoms with E-state index in [1.807, 2.05) is 36.4 Å². The minimum Gasteiger partial charge on any atom is -0.495 e. The van der Waals surface area contributed by atoms with E-state index in [-0.39, 0.29) is 35.2 Å². The molecule has 1 fully saturated rings. The Balaban J connectivity index is 1.40. The number of nitrogens with zero attached hydrogens (tertiary/aromatic N) is 1. The number of fused-ring (bicyclic) bond motifs is 3. The molecule has 0 atom stereocenters. The second kappa shape index (κ2) is 7.76. The highest BCUT2D eigenvalue weighted by Crippen LogP contribution is 2.43. The molecular weight excluding hydrogens is 450 g/mol. The number of ketones is 1. The quantitative estimate of drug-likeness (QED) is 0.554. The van der Waals surface area contributed by atoms with Gasteiger partial charge in [0.05, 0.1) is 29.0 Å². The van der Waals surface area contributed by atoms with E-state index in [1.54, 1.807) is 6.07 Å². The zero-order valence-electron chi connectivity index (χ0n) is 17.5. The van der Waals surface area contributed by atoms with Crippen molar-refractivity contribution in [2.24, 2.45) is 0 Å². The van der Waals surface area contributed by atoms with Gasteiger partial charge in [-0.3, -0.25) is 4.79 Å². The van der Waals surface area contributed by atoms with Gasteiger partial charge in [0.2, 0.25) is 10.0 Å². The molecule has 0 N–H and O–H groups in total. The molecule has 0 amide bonds. The Hall–Kier alpha value is -2.61. The first-order valence-electron chi connectivity index (χ1n) is 10.4. The molecule has 0 aromatic heterocycles. The van der Waals surface area contributed by atoms with Crippen LogP contribution in [0.4, 0.5) is 0 Å². The summed E-state index contributed by atoms with van der Waals surface area (Å²) in [6.45, 7) is 0.527. The largest absolute Gasteiger partial charge is 0.495 e. The van der Waals surface area contributed by atoms with Crippen LogP contribution in [0.2, 0.25) is 5.02 Å². The first-order valence-corrected chi connectivity index (χ1v) is 12.2. The maximum atomic E-state index is 13.2. The van der Waals surface area contributed by atoms with Crippen molar-refractivity contribution in [2.45, 2.75) is 29.8 Å². The van der Waals surface area contributed by atoms with Crippen molar-refractivity contribution < 1.29 is 22.7 Å². The third-order valence-electron chi connectivity index (χ3n) is 6.38. The van der Waals surface area contributed by atoms with E-state index in [4.69, 9.17) is 21.1 Å². The molecule has 8 heteroatoms. The van der Waals surface area contributed by atoms with Crippen molar-refractivity contribution in [1.29, 1.82) is 0 Å². The van der Waals surface area contributed by atoms with E-state index in [1.165, 1.54) is 23.5 Å². The average molecular weight is 472 g/mol. The number of carbonyl (C=O) groups is 1. The number of piperidine rings is 1. The first kappa shape index (κ1) is 21.2. The normalized spacial score (nSPS) is 18.4. The number of ether oxygens (including phenoxy) is 2. The number of halogens is 1. The molecule has 1 saturated heterocycles. The Bertz CT molecular complexity index is 1330. The molecule has 0 saturated carbocycles. The highest BCUT2D eigenvalue weighted by Gasteiger charge is 2.45. The minimum atomic E-state index is -3.72. The van der Waals surface area contributed by atoms with Crippen LogP contribution < -0.4 is 9.47 Å². The molecule has 2 aliphatic heterocycles. The van der Waals surface area contributed by atoms with Gasteiger partial charge in [-0.2, -0.15) is 4.31 Å².